The molecular formula is C47H32N2O2. The highest BCUT2D eigenvalue weighted by Gasteiger charge is 2.24. The molecule has 2 aliphatic rings. The monoisotopic (exact) mass is 656 g/mol. The van der Waals surface area contributed by atoms with Gasteiger partial charge in [-0.3, -0.25) is 0 Å². The van der Waals surface area contributed by atoms with Crippen LogP contribution in [0, 0.1) is 0 Å². The van der Waals surface area contributed by atoms with Gasteiger partial charge in [0.05, 0.1) is 11.0 Å². The number of hydrogen-bond acceptors (Lipinski definition) is 3. The highest BCUT2D eigenvalue weighted by atomic mass is 16.5. The van der Waals surface area contributed by atoms with E-state index in [1.807, 2.05) is 30.3 Å². The molecule has 0 spiro atoms. The van der Waals surface area contributed by atoms with Gasteiger partial charge in [-0.1, -0.05) is 115 Å². The van der Waals surface area contributed by atoms with E-state index < -0.39 is 0 Å². The predicted molar refractivity (Wildman–Crippen MR) is 209 cm³/mol. The van der Waals surface area contributed by atoms with Crippen molar-refractivity contribution in [1.82, 2.24) is 9.88 Å². The zero-order chi connectivity index (χ0) is 33.7. The molecule has 4 heteroatoms. The summed E-state index contributed by atoms with van der Waals surface area (Å²) in [6.07, 6.45) is 6.32. The fraction of sp³-hybridized carbons (Fsp3) is 0.0213. The Hall–Kier alpha value is -6.78. The Morgan fingerprint density at radius 2 is 1.14 bits per heavy atom. The first-order chi connectivity index (χ1) is 25.3. The van der Waals surface area contributed by atoms with Crippen LogP contribution in [0.1, 0.15) is 5.56 Å². The molecule has 0 bridgehead atoms. The second-order valence-corrected chi connectivity index (χ2v) is 12.9. The van der Waals surface area contributed by atoms with Crippen LogP contribution in [-0.4, -0.2) is 11.1 Å². The number of hydrogen-bond donors (Lipinski definition) is 1. The van der Waals surface area contributed by atoms with Crippen LogP contribution in [0.25, 0.3) is 66.6 Å². The smallest absolute Gasteiger partial charge is 0.143 e. The summed E-state index contributed by atoms with van der Waals surface area (Å²) in [4.78, 5) is 0. The molecule has 2 aliphatic heterocycles. The number of allylic oxidation sites excluding steroid dienone is 2. The largest absolute Gasteiger partial charge is 0.456 e. The third-order valence-electron chi connectivity index (χ3n) is 9.90. The Labute approximate surface area is 296 Å². The van der Waals surface area contributed by atoms with Crippen molar-refractivity contribution in [3.05, 3.63) is 182 Å². The number of rotatable bonds is 3. The minimum Gasteiger partial charge on any atom is -0.456 e. The van der Waals surface area contributed by atoms with Crippen molar-refractivity contribution in [2.24, 2.45) is 0 Å². The number of para-hydroxylation sites is 5. The van der Waals surface area contributed by atoms with E-state index >= 15 is 0 Å². The summed E-state index contributed by atoms with van der Waals surface area (Å²) in [5.41, 5.74) is 11.5. The van der Waals surface area contributed by atoms with Gasteiger partial charge in [-0.05, 0) is 66.2 Å². The van der Waals surface area contributed by atoms with Gasteiger partial charge < -0.3 is 19.4 Å². The third-order valence-corrected chi connectivity index (χ3v) is 9.90. The van der Waals surface area contributed by atoms with E-state index in [0.29, 0.717) is 0 Å². The van der Waals surface area contributed by atoms with Crippen molar-refractivity contribution in [2.45, 2.75) is 0 Å². The number of aromatic nitrogens is 1. The van der Waals surface area contributed by atoms with Crippen LogP contribution in [0.15, 0.2) is 176 Å². The van der Waals surface area contributed by atoms with Crippen molar-refractivity contribution in [3.63, 3.8) is 0 Å². The number of nitrogens with zero attached hydrogens (tertiary/aromatic N) is 1. The van der Waals surface area contributed by atoms with Gasteiger partial charge >= 0.3 is 0 Å². The molecule has 0 radical (unpaired) electrons. The summed E-state index contributed by atoms with van der Waals surface area (Å²) in [6.45, 7) is 0.785. The summed E-state index contributed by atoms with van der Waals surface area (Å²) in [6, 6.07) is 55.3. The normalized spacial score (nSPS) is 13.1. The van der Waals surface area contributed by atoms with Gasteiger partial charge in [0, 0.05) is 62.1 Å². The number of benzene rings is 7. The minimum absolute atomic E-state index is 0.760. The number of fused-ring (bicyclic) bond motifs is 9. The van der Waals surface area contributed by atoms with E-state index in [1.54, 1.807) is 0 Å². The van der Waals surface area contributed by atoms with Crippen molar-refractivity contribution in [3.8, 4) is 62.1 Å². The second kappa shape index (κ2) is 12.0. The van der Waals surface area contributed by atoms with E-state index in [2.05, 4.69) is 156 Å². The molecule has 8 aromatic rings. The SMILES string of the molecule is C1=CCNC(c2ccc3c(c2)Oc2c(-c4ccc5c(c4)c4ccccc4n5-c4ccccc4)cccc2-c2ccccc2Oc2ccccc2-3)=C1. The van der Waals surface area contributed by atoms with Gasteiger partial charge in [-0.15, -0.1) is 0 Å². The number of dihydropyridines is 1. The van der Waals surface area contributed by atoms with Crippen LogP contribution in [-0.2, 0) is 0 Å². The van der Waals surface area contributed by atoms with Gasteiger partial charge in [0.25, 0.3) is 0 Å². The lowest BCUT2D eigenvalue weighted by Gasteiger charge is -2.24. The first-order valence-corrected chi connectivity index (χ1v) is 17.3. The summed E-state index contributed by atoms with van der Waals surface area (Å²) < 4.78 is 16.4. The minimum atomic E-state index is 0.760. The molecule has 0 aliphatic carbocycles. The molecule has 0 saturated carbocycles. The van der Waals surface area contributed by atoms with Crippen molar-refractivity contribution >= 4 is 27.5 Å². The van der Waals surface area contributed by atoms with Crippen LogP contribution >= 0.6 is 0 Å². The maximum atomic E-state index is 7.29. The molecule has 0 atom stereocenters. The molecule has 0 unspecified atom stereocenters. The zero-order valence-corrected chi connectivity index (χ0v) is 27.7. The molecule has 0 saturated heterocycles. The third kappa shape index (κ3) is 4.92. The van der Waals surface area contributed by atoms with E-state index in [9.17, 15) is 0 Å². The number of nitrogens with one attached hydrogen (secondary N) is 1. The molecule has 10 rings (SSSR count). The molecule has 3 heterocycles. The fourth-order valence-electron chi connectivity index (χ4n) is 7.52. The zero-order valence-electron chi connectivity index (χ0n) is 27.7. The molecule has 0 amide bonds. The molecule has 7 aromatic carbocycles. The molecule has 51 heavy (non-hydrogen) atoms. The van der Waals surface area contributed by atoms with Gasteiger partial charge in [-0.25, -0.2) is 0 Å². The molecule has 4 nitrogen and oxygen atoms in total. The van der Waals surface area contributed by atoms with Crippen molar-refractivity contribution < 1.29 is 9.47 Å². The van der Waals surface area contributed by atoms with Crippen molar-refractivity contribution in [2.75, 3.05) is 6.54 Å². The van der Waals surface area contributed by atoms with Gasteiger partial charge in [0.2, 0.25) is 0 Å². The Morgan fingerprint density at radius 1 is 0.471 bits per heavy atom. The van der Waals surface area contributed by atoms with Gasteiger partial charge in [-0.2, -0.15) is 0 Å². The van der Waals surface area contributed by atoms with E-state index in [0.717, 1.165) is 85.4 Å². The standard InChI is InChI=1S/C47H32N2O2/c1-2-13-33(14-3-1)49-42-21-7-4-15-35(42)40-29-31(25-27-43(40)49)34-18-12-19-39-37-17-6-9-23-45(37)50-44-22-8-5-16-36(44)38-26-24-32(30-46(38)51-47(34)39)41-20-10-11-28-48-41/h1-27,29-30,48H,28H2. The number of ether oxygens (including phenoxy) is 2. The van der Waals surface area contributed by atoms with Crippen LogP contribution < -0.4 is 14.8 Å². The Balaban J connectivity index is 1.23. The van der Waals surface area contributed by atoms with E-state index in [-0.39, 0.29) is 0 Å². The Morgan fingerprint density at radius 3 is 1.96 bits per heavy atom. The summed E-state index contributed by atoms with van der Waals surface area (Å²) in [5.74, 6) is 3.09. The van der Waals surface area contributed by atoms with Gasteiger partial charge in [0.1, 0.15) is 23.0 Å². The van der Waals surface area contributed by atoms with Gasteiger partial charge in [0.15, 0.2) is 0 Å². The van der Waals surface area contributed by atoms with E-state index in [1.165, 1.54) is 16.3 Å². The first-order valence-electron chi connectivity index (χ1n) is 17.3. The van der Waals surface area contributed by atoms with Crippen LogP contribution in [0.4, 0.5) is 0 Å². The average Bonchev–Trinajstić information content (AvgIpc) is 3.53. The fourth-order valence-corrected chi connectivity index (χ4v) is 7.52. The highest BCUT2D eigenvalue weighted by Crippen LogP contribution is 2.50. The van der Waals surface area contributed by atoms with Crippen molar-refractivity contribution in [1.29, 1.82) is 0 Å². The predicted octanol–water partition coefficient (Wildman–Crippen LogP) is 12.2. The maximum absolute atomic E-state index is 7.29. The first kappa shape index (κ1) is 29.2. The van der Waals surface area contributed by atoms with Crippen LogP contribution in [0.2, 0.25) is 0 Å². The highest BCUT2D eigenvalue weighted by molar-refractivity contribution is 6.10. The second-order valence-electron chi connectivity index (χ2n) is 12.9. The topological polar surface area (TPSA) is 35.4 Å². The maximum Gasteiger partial charge on any atom is 0.143 e. The molecule has 242 valence electrons. The Bertz CT molecular complexity index is 2700. The average molecular weight is 657 g/mol. The summed E-state index contributed by atoms with van der Waals surface area (Å²) in [7, 11) is 0. The Kier molecular flexibility index (Phi) is 6.85. The lowest BCUT2D eigenvalue weighted by atomic mass is 9.94. The van der Waals surface area contributed by atoms with E-state index in [4.69, 9.17) is 9.47 Å². The van der Waals surface area contributed by atoms with Crippen LogP contribution in [0.5, 0.6) is 23.0 Å². The summed E-state index contributed by atoms with van der Waals surface area (Å²) in [5, 5.41) is 5.91. The van der Waals surface area contributed by atoms with Crippen LogP contribution in [0.3, 0.4) is 0 Å². The lowest BCUT2D eigenvalue weighted by molar-refractivity contribution is 0.473. The molecule has 1 N–H and O–H groups in total. The molecule has 1 aromatic heterocycles. The summed E-state index contributed by atoms with van der Waals surface area (Å²) >= 11 is 0. The quantitative estimate of drug-likeness (QED) is 0.206. The molecule has 0 fully saturated rings. The lowest BCUT2D eigenvalue weighted by Crippen LogP contribution is -2.14. The molecular weight excluding hydrogens is 625 g/mol.